The Labute approximate surface area is 151 Å². The number of aliphatic hydroxyl groups excluding tert-OH is 2. The maximum atomic E-state index is 10.1. The van der Waals surface area contributed by atoms with Crippen molar-refractivity contribution >= 4 is 16.5 Å². The summed E-state index contributed by atoms with van der Waals surface area (Å²) in [5.74, 6) is 2.60. The average molecular weight is 351 g/mol. The van der Waals surface area contributed by atoms with Gasteiger partial charge in [-0.05, 0) is 30.5 Å². The number of benzene rings is 3. The highest BCUT2D eigenvalue weighted by Gasteiger charge is 2.24. The zero-order valence-electron chi connectivity index (χ0n) is 14.5. The van der Waals surface area contributed by atoms with Gasteiger partial charge in [0.15, 0.2) is 23.0 Å². The van der Waals surface area contributed by atoms with Crippen LogP contribution in [0.4, 0.5) is 5.69 Å². The Hall–Kier alpha value is -2.76. The van der Waals surface area contributed by atoms with Crippen molar-refractivity contribution in [2.45, 2.75) is 25.6 Å². The number of nitrogens with one attached hydrogen (secondary N) is 1. The predicted octanol–water partition coefficient (Wildman–Crippen LogP) is 4.28. The number of hydrogen-bond acceptors (Lipinski definition) is 5. The Morgan fingerprint density at radius 3 is 2.31 bits per heavy atom. The Balaban J connectivity index is 1.72. The summed E-state index contributed by atoms with van der Waals surface area (Å²) in [7, 11) is 0. The van der Waals surface area contributed by atoms with E-state index >= 15 is 0 Å². The van der Waals surface area contributed by atoms with E-state index in [4.69, 9.17) is 9.47 Å². The van der Waals surface area contributed by atoms with E-state index in [-0.39, 0.29) is 0 Å². The van der Waals surface area contributed by atoms with E-state index in [9.17, 15) is 10.2 Å². The van der Waals surface area contributed by atoms with Crippen molar-refractivity contribution in [2.75, 3.05) is 11.9 Å². The molecule has 1 aliphatic heterocycles. The van der Waals surface area contributed by atoms with E-state index in [1.165, 1.54) is 0 Å². The first kappa shape index (κ1) is 16.7. The largest absolute Gasteiger partial charge is 0.449 e. The maximum absolute atomic E-state index is 10.1. The van der Waals surface area contributed by atoms with Crippen LogP contribution in [0.5, 0.6) is 23.0 Å². The third-order valence-corrected chi connectivity index (χ3v) is 4.37. The second-order valence-corrected chi connectivity index (χ2v) is 6.57. The number of rotatable bonds is 5. The monoisotopic (exact) mass is 351 g/mol. The van der Waals surface area contributed by atoms with Crippen LogP contribution in [0.2, 0.25) is 0 Å². The lowest BCUT2D eigenvalue weighted by molar-refractivity contribution is 0.0980. The summed E-state index contributed by atoms with van der Waals surface area (Å²) in [5.41, 5.74) is 0.748. The van der Waals surface area contributed by atoms with Crippen LogP contribution in [-0.2, 0) is 0 Å². The SMILES string of the molecule is CC(O)CC(O)CNc1cc2ccccc2c2c1Oc1ccccc1O2. The number of fused-ring (bicyclic) bond motifs is 4. The summed E-state index contributed by atoms with van der Waals surface area (Å²) in [6, 6.07) is 17.5. The fourth-order valence-electron chi connectivity index (χ4n) is 3.17. The summed E-state index contributed by atoms with van der Waals surface area (Å²) >= 11 is 0. The van der Waals surface area contributed by atoms with Gasteiger partial charge in [-0.15, -0.1) is 0 Å². The third-order valence-electron chi connectivity index (χ3n) is 4.37. The number of hydrogen-bond donors (Lipinski definition) is 3. The van der Waals surface area contributed by atoms with E-state index in [0.29, 0.717) is 36.0 Å². The van der Waals surface area contributed by atoms with Crippen LogP contribution in [0.25, 0.3) is 10.8 Å². The van der Waals surface area contributed by atoms with Crippen molar-refractivity contribution in [3.05, 3.63) is 54.6 Å². The molecule has 5 nitrogen and oxygen atoms in total. The minimum Gasteiger partial charge on any atom is -0.449 e. The van der Waals surface area contributed by atoms with Gasteiger partial charge in [0.1, 0.15) is 0 Å². The van der Waals surface area contributed by atoms with E-state index in [2.05, 4.69) is 5.32 Å². The summed E-state index contributed by atoms with van der Waals surface area (Å²) in [4.78, 5) is 0. The molecule has 2 unspecified atom stereocenters. The van der Waals surface area contributed by atoms with Crippen LogP contribution in [0.1, 0.15) is 13.3 Å². The number of aliphatic hydroxyl groups is 2. The second-order valence-electron chi connectivity index (χ2n) is 6.57. The molecule has 0 fully saturated rings. The highest BCUT2D eigenvalue weighted by Crippen LogP contribution is 2.52. The van der Waals surface area contributed by atoms with Gasteiger partial charge >= 0.3 is 0 Å². The smallest absolute Gasteiger partial charge is 0.193 e. The zero-order chi connectivity index (χ0) is 18.1. The lowest BCUT2D eigenvalue weighted by Crippen LogP contribution is -2.24. The number of para-hydroxylation sites is 2. The first-order chi connectivity index (χ1) is 12.6. The maximum Gasteiger partial charge on any atom is 0.193 e. The quantitative estimate of drug-likeness (QED) is 0.500. The van der Waals surface area contributed by atoms with Crippen LogP contribution in [0, 0.1) is 0 Å². The molecule has 1 aliphatic rings. The van der Waals surface area contributed by atoms with Crippen molar-refractivity contribution in [3.63, 3.8) is 0 Å². The first-order valence-electron chi connectivity index (χ1n) is 8.72. The minimum atomic E-state index is -0.658. The molecule has 0 aromatic heterocycles. The van der Waals surface area contributed by atoms with Gasteiger partial charge < -0.3 is 25.0 Å². The molecule has 3 N–H and O–H groups in total. The molecule has 0 amide bonds. The van der Waals surface area contributed by atoms with E-state index in [1.807, 2.05) is 54.6 Å². The number of anilines is 1. The fourth-order valence-corrected chi connectivity index (χ4v) is 3.17. The zero-order valence-corrected chi connectivity index (χ0v) is 14.5. The molecule has 0 saturated carbocycles. The van der Waals surface area contributed by atoms with Crippen LogP contribution in [-0.4, -0.2) is 29.0 Å². The predicted molar refractivity (Wildman–Crippen MR) is 101 cm³/mol. The first-order valence-corrected chi connectivity index (χ1v) is 8.72. The molecule has 0 bridgehead atoms. The lowest BCUT2D eigenvalue weighted by Gasteiger charge is -2.25. The molecule has 0 radical (unpaired) electrons. The highest BCUT2D eigenvalue weighted by atomic mass is 16.6. The molecule has 3 aromatic carbocycles. The van der Waals surface area contributed by atoms with Gasteiger partial charge in [-0.3, -0.25) is 0 Å². The van der Waals surface area contributed by atoms with Gasteiger partial charge in [0.05, 0.1) is 17.9 Å². The summed E-state index contributed by atoms with van der Waals surface area (Å²) in [6.07, 6.45) is -0.902. The van der Waals surface area contributed by atoms with Crippen molar-refractivity contribution < 1.29 is 19.7 Å². The van der Waals surface area contributed by atoms with Crippen molar-refractivity contribution in [2.24, 2.45) is 0 Å². The molecule has 0 saturated heterocycles. The van der Waals surface area contributed by atoms with Crippen molar-refractivity contribution in [3.8, 4) is 23.0 Å². The van der Waals surface area contributed by atoms with Crippen molar-refractivity contribution in [1.29, 1.82) is 0 Å². The molecule has 2 atom stereocenters. The van der Waals surface area contributed by atoms with Crippen LogP contribution in [0.3, 0.4) is 0 Å². The molecule has 1 heterocycles. The highest BCUT2D eigenvalue weighted by molar-refractivity contribution is 5.96. The molecule has 3 aromatic rings. The lowest BCUT2D eigenvalue weighted by atomic mass is 10.1. The van der Waals surface area contributed by atoms with Gasteiger partial charge in [0.25, 0.3) is 0 Å². The van der Waals surface area contributed by atoms with Crippen LogP contribution < -0.4 is 14.8 Å². The number of ether oxygens (including phenoxy) is 2. The third kappa shape index (κ3) is 3.19. The summed E-state index contributed by atoms with van der Waals surface area (Å²) < 4.78 is 12.2. The molecule has 26 heavy (non-hydrogen) atoms. The molecular formula is C21H21NO4. The molecule has 0 aliphatic carbocycles. The summed E-state index contributed by atoms with van der Waals surface area (Å²) in [5, 5.41) is 24.7. The summed E-state index contributed by atoms with van der Waals surface area (Å²) in [6.45, 7) is 1.97. The molecule has 5 heteroatoms. The molecular weight excluding hydrogens is 330 g/mol. The Morgan fingerprint density at radius 2 is 1.58 bits per heavy atom. The average Bonchev–Trinajstić information content (AvgIpc) is 2.64. The molecule has 134 valence electrons. The molecule has 0 spiro atoms. The van der Waals surface area contributed by atoms with Gasteiger partial charge in [-0.2, -0.15) is 0 Å². The van der Waals surface area contributed by atoms with E-state index in [1.54, 1.807) is 6.92 Å². The van der Waals surface area contributed by atoms with Gasteiger partial charge in [0.2, 0.25) is 0 Å². The fraction of sp³-hybridized carbons (Fsp3) is 0.238. The van der Waals surface area contributed by atoms with E-state index < -0.39 is 12.2 Å². The van der Waals surface area contributed by atoms with Crippen LogP contribution in [0.15, 0.2) is 54.6 Å². The van der Waals surface area contributed by atoms with Gasteiger partial charge in [-0.25, -0.2) is 0 Å². The normalized spacial score (nSPS) is 14.6. The minimum absolute atomic E-state index is 0.306. The van der Waals surface area contributed by atoms with Gasteiger partial charge in [0, 0.05) is 18.4 Å². The second kappa shape index (κ2) is 6.86. The Kier molecular flexibility index (Phi) is 4.41. The van der Waals surface area contributed by atoms with E-state index in [0.717, 1.165) is 16.5 Å². The Morgan fingerprint density at radius 1 is 0.923 bits per heavy atom. The Bertz CT molecular complexity index is 938. The van der Waals surface area contributed by atoms with Crippen molar-refractivity contribution in [1.82, 2.24) is 0 Å². The molecule has 4 rings (SSSR count). The van der Waals surface area contributed by atoms with Gasteiger partial charge in [-0.1, -0.05) is 36.4 Å². The topological polar surface area (TPSA) is 71.0 Å². The van der Waals surface area contributed by atoms with Crippen LogP contribution >= 0.6 is 0 Å². The standard InChI is InChI=1S/C21H21NO4/c1-13(23)10-15(24)12-22-17-11-14-6-2-3-7-16(14)20-21(17)26-19-9-5-4-8-18(19)25-20/h2-9,11,13,15,22-24H,10,12H2,1H3.